The van der Waals surface area contributed by atoms with E-state index in [0.29, 0.717) is 16.4 Å². The van der Waals surface area contributed by atoms with Crippen LogP contribution in [0.3, 0.4) is 0 Å². The summed E-state index contributed by atoms with van der Waals surface area (Å²) in [4.78, 5) is 34.0. The topological polar surface area (TPSA) is 72.0 Å². The molecule has 0 bridgehead atoms. The van der Waals surface area contributed by atoms with Crippen molar-refractivity contribution in [2.75, 3.05) is 5.32 Å². The fourth-order valence-electron chi connectivity index (χ4n) is 2.67. The van der Waals surface area contributed by atoms with Gasteiger partial charge in [0.25, 0.3) is 0 Å². The van der Waals surface area contributed by atoms with Gasteiger partial charge in [-0.25, -0.2) is 9.97 Å². The van der Waals surface area contributed by atoms with Crippen LogP contribution in [0.5, 0.6) is 0 Å². The number of carbonyl (C=O) groups is 2. The first kappa shape index (κ1) is 19.8. The molecule has 1 heterocycles. The third-order valence-corrected chi connectivity index (χ3v) is 4.86. The van der Waals surface area contributed by atoms with Gasteiger partial charge in [-0.3, -0.25) is 9.59 Å². The normalized spacial score (nSPS) is 10.5. The molecule has 1 aromatic heterocycles. The summed E-state index contributed by atoms with van der Waals surface area (Å²) in [6.45, 7) is 3.89. The van der Waals surface area contributed by atoms with Crippen LogP contribution in [-0.2, 0) is 4.79 Å². The highest BCUT2D eigenvalue weighted by molar-refractivity contribution is 7.99. The van der Waals surface area contributed by atoms with E-state index in [1.807, 2.05) is 62.4 Å². The molecule has 1 amide bonds. The Morgan fingerprint density at radius 2 is 1.54 bits per heavy atom. The van der Waals surface area contributed by atoms with Crippen molar-refractivity contribution in [3.05, 3.63) is 77.6 Å². The zero-order valence-electron chi connectivity index (χ0n) is 15.8. The number of hydrogen-bond donors (Lipinski definition) is 1. The number of nitrogens with zero attached hydrogens (tertiary/aromatic N) is 2. The maximum Gasteiger partial charge on any atom is 0.224 e. The molecule has 6 heteroatoms. The highest BCUT2D eigenvalue weighted by atomic mass is 32.2. The first-order valence-electron chi connectivity index (χ1n) is 8.98. The van der Waals surface area contributed by atoms with Crippen LogP contribution < -0.4 is 5.32 Å². The Hall–Kier alpha value is -2.99. The Kier molecular flexibility index (Phi) is 6.55. The molecule has 28 heavy (non-hydrogen) atoms. The van der Waals surface area contributed by atoms with Crippen molar-refractivity contribution in [1.29, 1.82) is 0 Å². The number of ketones is 1. The molecule has 0 fully saturated rings. The van der Waals surface area contributed by atoms with Crippen molar-refractivity contribution in [2.24, 2.45) is 0 Å². The second kappa shape index (κ2) is 9.28. The zero-order valence-corrected chi connectivity index (χ0v) is 16.6. The van der Waals surface area contributed by atoms with E-state index >= 15 is 0 Å². The van der Waals surface area contributed by atoms with Crippen LogP contribution >= 0.6 is 11.8 Å². The monoisotopic (exact) mass is 391 g/mol. The average molecular weight is 391 g/mol. The summed E-state index contributed by atoms with van der Waals surface area (Å²) in [5.41, 5.74) is 3.20. The van der Waals surface area contributed by atoms with E-state index in [0.717, 1.165) is 16.3 Å². The molecular formula is C22H21N3O2S. The van der Waals surface area contributed by atoms with Crippen molar-refractivity contribution >= 4 is 29.1 Å². The van der Waals surface area contributed by atoms with Crippen LogP contribution in [0, 0.1) is 13.8 Å². The number of rotatable bonds is 7. The quantitative estimate of drug-likeness (QED) is 0.461. The van der Waals surface area contributed by atoms with E-state index in [1.54, 1.807) is 12.1 Å². The largest absolute Gasteiger partial charge is 0.326 e. The fraction of sp³-hybridized carbons (Fsp3) is 0.182. The molecule has 142 valence electrons. The SMILES string of the molecule is Cc1cc(C)nc(Sc2ccc(NC(=O)CCC(=O)c3ccccc3)cc2)n1. The van der Waals surface area contributed by atoms with E-state index in [1.165, 1.54) is 11.8 Å². The van der Waals surface area contributed by atoms with Crippen LogP contribution in [0.25, 0.3) is 0 Å². The lowest BCUT2D eigenvalue weighted by molar-refractivity contribution is -0.116. The molecule has 0 atom stereocenters. The fourth-order valence-corrected chi connectivity index (χ4v) is 3.53. The summed E-state index contributed by atoms with van der Waals surface area (Å²) in [5, 5.41) is 3.53. The molecule has 0 radical (unpaired) electrons. The Balaban J connectivity index is 1.52. The summed E-state index contributed by atoms with van der Waals surface area (Å²) in [6.07, 6.45) is 0.342. The second-order valence-corrected chi connectivity index (χ2v) is 7.44. The van der Waals surface area contributed by atoms with Gasteiger partial charge in [-0.15, -0.1) is 0 Å². The van der Waals surface area contributed by atoms with E-state index in [-0.39, 0.29) is 24.5 Å². The van der Waals surface area contributed by atoms with E-state index < -0.39 is 0 Å². The standard InChI is InChI=1S/C22H21N3O2S/c1-15-14-16(2)24-22(23-15)28-19-10-8-18(9-11-19)25-21(27)13-12-20(26)17-6-4-3-5-7-17/h3-11,14H,12-13H2,1-2H3,(H,25,27). The number of amides is 1. The lowest BCUT2D eigenvalue weighted by atomic mass is 10.1. The lowest BCUT2D eigenvalue weighted by Gasteiger charge is -2.07. The van der Waals surface area contributed by atoms with Gasteiger partial charge in [0.1, 0.15) is 0 Å². The van der Waals surface area contributed by atoms with E-state index in [9.17, 15) is 9.59 Å². The number of carbonyl (C=O) groups excluding carboxylic acids is 2. The Morgan fingerprint density at radius 1 is 0.893 bits per heavy atom. The Labute approximate surface area is 168 Å². The number of anilines is 1. The van der Waals surface area contributed by atoms with E-state index in [4.69, 9.17) is 0 Å². The average Bonchev–Trinajstić information content (AvgIpc) is 2.67. The molecule has 3 aromatic rings. The van der Waals surface area contributed by atoms with Gasteiger partial charge in [-0.05, 0) is 55.9 Å². The van der Waals surface area contributed by atoms with Crippen LogP contribution in [-0.4, -0.2) is 21.7 Å². The predicted molar refractivity (Wildman–Crippen MR) is 111 cm³/mol. The number of aryl methyl sites for hydroxylation is 2. The molecule has 0 aliphatic heterocycles. The first-order valence-corrected chi connectivity index (χ1v) is 9.79. The van der Waals surface area contributed by atoms with Gasteiger partial charge in [-0.2, -0.15) is 0 Å². The summed E-state index contributed by atoms with van der Waals surface area (Å²) in [5.74, 6) is -0.210. The van der Waals surface area contributed by atoms with Crippen LogP contribution in [0.1, 0.15) is 34.6 Å². The van der Waals surface area contributed by atoms with Crippen LogP contribution in [0.2, 0.25) is 0 Å². The van der Waals surface area contributed by atoms with Gasteiger partial charge in [0.2, 0.25) is 5.91 Å². The molecule has 5 nitrogen and oxygen atoms in total. The van der Waals surface area contributed by atoms with Crippen molar-refractivity contribution < 1.29 is 9.59 Å². The lowest BCUT2D eigenvalue weighted by Crippen LogP contribution is -2.13. The summed E-state index contributed by atoms with van der Waals surface area (Å²) >= 11 is 1.48. The highest BCUT2D eigenvalue weighted by Gasteiger charge is 2.09. The van der Waals surface area contributed by atoms with Crippen molar-refractivity contribution in [1.82, 2.24) is 9.97 Å². The molecule has 0 aliphatic carbocycles. The maximum absolute atomic E-state index is 12.1. The number of nitrogens with one attached hydrogen (secondary N) is 1. The molecule has 0 saturated heterocycles. The smallest absolute Gasteiger partial charge is 0.224 e. The zero-order chi connectivity index (χ0) is 19.9. The van der Waals surface area contributed by atoms with Gasteiger partial charge in [0.05, 0.1) is 0 Å². The van der Waals surface area contributed by atoms with Crippen molar-refractivity contribution in [3.8, 4) is 0 Å². The highest BCUT2D eigenvalue weighted by Crippen LogP contribution is 2.26. The van der Waals surface area contributed by atoms with Crippen molar-refractivity contribution in [3.63, 3.8) is 0 Å². The van der Waals surface area contributed by atoms with Crippen LogP contribution in [0.15, 0.2) is 70.7 Å². The number of aromatic nitrogens is 2. The minimum atomic E-state index is -0.178. The molecule has 1 N–H and O–H groups in total. The minimum absolute atomic E-state index is 0.0315. The molecule has 0 saturated carbocycles. The third-order valence-electron chi connectivity index (χ3n) is 3.98. The number of Topliss-reactive ketones (excluding diaryl/α,β-unsaturated/α-hetero) is 1. The molecule has 2 aromatic carbocycles. The van der Waals surface area contributed by atoms with Gasteiger partial charge in [0, 0.05) is 40.4 Å². The third kappa shape index (κ3) is 5.76. The number of hydrogen-bond acceptors (Lipinski definition) is 5. The minimum Gasteiger partial charge on any atom is -0.326 e. The van der Waals surface area contributed by atoms with Gasteiger partial charge in [0.15, 0.2) is 10.9 Å². The van der Waals surface area contributed by atoms with Crippen molar-refractivity contribution in [2.45, 2.75) is 36.7 Å². The Bertz CT molecular complexity index is 953. The summed E-state index contributed by atoms with van der Waals surface area (Å²) in [7, 11) is 0. The Morgan fingerprint density at radius 3 is 2.18 bits per heavy atom. The van der Waals surface area contributed by atoms with Gasteiger partial charge in [-0.1, -0.05) is 30.3 Å². The van der Waals surface area contributed by atoms with Gasteiger partial charge >= 0.3 is 0 Å². The predicted octanol–water partition coefficient (Wildman–Crippen LogP) is 4.85. The summed E-state index contributed by atoms with van der Waals surface area (Å²) < 4.78 is 0. The van der Waals surface area contributed by atoms with E-state index in [2.05, 4.69) is 15.3 Å². The van der Waals surface area contributed by atoms with Crippen LogP contribution in [0.4, 0.5) is 5.69 Å². The second-order valence-electron chi connectivity index (χ2n) is 6.40. The molecule has 0 aliphatic rings. The first-order chi connectivity index (χ1) is 13.5. The molecule has 0 spiro atoms. The maximum atomic E-state index is 12.1. The number of benzene rings is 2. The molecule has 3 rings (SSSR count). The summed E-state index contributed by atoms with van der Waals surface area (Å²) in [6, 6.07) is 18.4. The molecular weight excluding hydrogens is 370 g/mol. The van der Waals surface area contributed by atoms with Gasteiger partial charge < -0.3 is 5.32 Å². The molecule has 0 unspecified atom stereocenters.